The van der Waals surface area contributed by atoms with E-state index in [1.165, 1.54) is 0 Å². The Balaban J connectivity index is 1.68. The fraction of sp³-hybridized carbons (Fsp3) is 0.381. The van der Waals surface area contributed by atoms with Gasteiger partial charge in [-0.1, -0.05) is 18.2 Å². The predicted octanol–water partition coefficient (Wildman–Crippen LogP) is 2.37. The Morgan fingerprint density at radius 2 is 2.00 bits per heavy atom. The molecule has 0 atom stereocenters. The molecule has 0 aliphatic carbocycles. The van der Waals surface area contributed by atoms with Gasteiger partial charge in [-0.2, -0.15) is 5.26 Å². The van der Waals surface area contributed by atoms with E-state index in [2.05, 4.69) is 21.7 Å². The van der Waals surface area contributed by atoms with Crippen molar-refractivity contribution in [2.45, 2.75) is 39.4 Å². The van der Waals surface area contributed by atoms with E-state index in [0.717, 1.165) is 16.8 Å². The van der Waals surface area contributed by atoms with Gasteiger partial charge >= 0.3 is 0 Å². The summed E-state index contributed by atoms with van der Waals surface area (Å²) in [5, 5.41) is 15.8. The zero-order valence-electron chi connectivity index (χ0n) is 16.0. The van der Waals surface area contributed by atoms with E-state index in [-0.39, 0.29) is 11.5 Å². The topological polar surface area (TPSA) is 88.3 Å². The molecule has 1 aromatic carbocycles. The molecule has 140 valence electrons. The number of nitrogens with one attached hydrogen (secondary N) is 3. The molecule has 3 rings (SSSR count). The smallest absolute Gasteiger partial charge is 0.290 e. The Kier molecular flexibility index (Phi) is 5.43. The van der Waals surface area contributed by atoms with E-state index in [1.54, 1.807) is 12.1 Å². The van der Waals surface area contributed by atoms with E-state index in [0.29, 0.717) is 43.1 Å². The van der Waals surface area contributed by atoms with Gasteiger partial charge in [-0.05, 0) is 38.5 Å². The van der Waals surface area contributed by atoms with Crippen molar-refractivity contribution in [1.29, 1.82) is 5.26 Å². The number of nitriles is 1. The number of nitrogens with zero attached hydrogens (tertiary/aromatic N) is 1. The lowest BCUT2D eigenvalue weighted by Crippen LogP contribution is -2.36. The van der Waals surface area contributed by atoms with Crippen LogP contribution in [0.25, 0.3) is 0 Å². The van der Waals surface area contributed by atoms with Gasteiger partial charge in [0.25, 0.3) is 11.7 Å². The summed E-state index contributed by atoms with van der Waals surface area (Å²) in [5.41, 5.74) is 4.08. The van der Waals surface area contributed by atoms with Gasteiger partial charge in [0.2, 0.25) is 0 Å². The molecule has 2 heterocycles. The summed E-state index contributed by atoms with van der Waals surface area (Å²) in [6.45, 7) is 7.54. The summed E-state index contributed by atoms with van der Waals surface area (Å²) in [4.78, 5) is 15.4. The van der Waals surface area contributed by atoms with Crippen molar-refractivity contribution in [1.82, 2.24) is 5.32 Å². The van der Waals surface area contributed by atoms with Crippen LogP contribution in [0.3, 0.4) is 0 Å². The number of pyridine rings is 1. The summed E-state index contributed by atoms with van der Waals surface area (Å²) in [6.07, 6.45) is 0.695. The Morgan fingerprint density at radius 1 is 1.26 bits per heavy atom. The first kappa shape index (κ1) is 18.9. The highest BCUT2D eigenvalue weighted by molar-refractivity contribution is 5.94. The molecule has 0 radical (unpaired) electrons. The Labute approximate surface area is 159 Å². The average Bonchev–Trinajstić information content (AvgIpc) is 2.65. The highest BCUT2D eigenvalue weighted by Crippen LogP contribution is 2.32. The standard InChI is InChI=1S/C21H24N4O2/c1-14-18-13-27-21(2,3)11-16(18)17(12-22)19(25-14)23-9-10-24-20(26)15-7-5-4-6-8-15/h4-8H,9-11,13H2,1-3H3,(H,23,25)(H,24,26)/p+1. The third-order valence-electron chi connectivity index (χ3n) is 4.75. The van der Waals surface area contributed by atoms with Crippen molar-refractivity contribution < 1.29 is 14.5 Å². The first-order chi connectivity index (χ1) is 12.9. The van der Waals surface area contributed by atoms with Gasteiger partial charge < -0.3 is 10.1 Å². The SMILES string of the molecule is Cc1[nH+]c(NCCNC(=O)c2ccccc2)c(C#N)c2c1COC(C)(C)C2. The zero-order valence-corrected chi connectivity index (χ0v) is 16.0. The second-order valence-corrected chi connectivity index (χ2v) is 7.34. The van der Waals surface area contributed by atoms with E-state index in [1.807, 2.05) is 39.0 Å². The minimum absolute atomic E-state index is 0.109. The minimum atomic E-state index is -0.284. The first-order valence-electron chi connectivity index (χ1n) is 9.10. The van der Waals surface area contributed by atoms with E-state index in [9.17, 15) is 10.1 Å². The molecule has 6 heteroatoms. The van der Waals surface area contributed by atoms with Gasteiger partial charge in [0.15, 0.2) is 0 Å². The van der Waals surface area contributed by atoms with Crippen LogP contribution in [0.15, 0.2) is 30.3 Å². The maximum absolute atomic E-state index is 12.1. The third-order valence-corrected chi connectivity index (χ3v) is 4.75. The van der Waals surface area contributed by atoms with Crippen molar-refractivity contribution in [3.8, 4) is 6.07 Å². The van der Waals surface area contributed by atoms with Crippen LogP contribution in [0.2, 0.25) is 0 Å². The van der Waals surface area contributed by atoms with Crippen LogP contribution < -0.4 is 15.6 Å². The van der Waals surface area contributed by atoms with Crippen LogP contribution in [-0.4, -0.2) is 24.6 Å². The van der Waals surface area contributed by atoms with Crippen molar-refractivity contribution >= 4 is 11.7 Å². The minimum Gasteiger partial charge on any atom is -0.370 e. The maximum atomic E-state index is 12.1. The van der Waals surface area contributed by atoms with Crippen molar-refractivity contribution in [3.05, 3.63) is 58.3 Å². The monoisotopic (exact) mass is 365 g/mol. The molecule has 2 aromatic rings. The van der Waals surface area contributed by atoms with Gasteiger partial charge in [-0.25, -0.2) is 4.98 Å². The van der Waals surface area contributed by atoms with Crippen LogP contribution in [0, 0.1) is 18.3 Å². The predicted molar refractivity (Wildman–Crippen MR) is 102 cm³/mol. The van der Waals surface area contributed by atoms with Crippen LogP contribution >= 0.6 is 0 Å². The molecule has 0 saturated heterocycles. The number of carbonyl (C=O) groups excluding carboxylic acids is 1. The molecule has 0 spiro atoms. The molecular formula is C21H25N4O2+. The highest BCUT2D eigenvalue weighted by Gasteiger charge is 2.32. The van der Waals surface area contributed by atoms with E-state index >= 15 is 0 Å². The molecule has 0 bridgehead atoms. The normalized spacial score (nSPS) is 14.7. The number of aromatic nitrogens is 1. The lowest BCUT2D eigenvalue weighted by Gasteiger charge is -2.32. The van der Waals surface area contributed by atoms with Crippen molar-refractivity contribution in [2.75, 3.05) is 18.4 Å². The average molecular weight is 365 g/mol. The van der Waals surface area contributed by atoms with Crippen LogP contribution in [0.4, 0.5) is 5.82 Å². The molecular weight excluding hydrogens is 340 g/mol. The number of hydrogen-bond donors (Lipinski definition) is 2. The van der Waals surface area contributed by atoms with E-state index < -0.39 is 0 Å². The molecule has 6 nitrogen and oxygen atoms in total. The Bertz CT molecular complexity index is 885. The summed E-state index contributed by atoms with van der Waals surface area (Å²) in [6, 6.07) is 11.4. The fourth-order valence-electron chi connectivity index (χ4n) is 3.30. The van der Waals surface area contributed by atoms with Gasteiger partial charge in [-0.3, -0.25) is 10.1 Å². The van der Waals surface area contributed by atoms with Gasteiger partial charge in [-0.15, -0.1) is 0 Å². The number of ether oxygens (including phenoxy) is 1. The first-order valence-corrected chi connectivity index (χ1v) is 9.10. The molecule has 0 fully saturated rings. The third kappa shape index (κ3) is 4.26. The number of amides is 1. The van der Waals surface area contributed by atoms with Gasteiger partial charge in [0.1, 0.15) is 23.9 Å². The number of hydrogen-bond acceptors (Lipinski definition) is 4. The Hall–Kier alpha value is -2.91. The lowest BCUT2D eigenvalue weighted by atomic mass is 9.88. The second kappa shape index (κ2) is 7.77. The molecule has 1 aliphatic rings. The van der Waals surface area contributed by atoms with Crippen molar-refractivity contribution in [3.63, 3.8) is 0 Å². The van der Waals surface area contributed by atoms with Gasteiger partial charge in [0.05, 0.1) is 18.8 Å². The number of benzene rings is 1. The van der Waals surface area contributed by atoms with Crippen molar-refractivity contribution in [2.24, 2.45) is 0 Å². The van der Waals surface area contributed by atoms with E-state index in [4.69, 9.17) is 4.74 Å². The van der Waals surface area contributed by atoms with Crippen LogP contribution in [0.1, 0.15) is 46.6 Å². The number of anilines is 1. The number of aromatic amines is 1. The summed E-state index contributed by atoms with van der Waals surface area (Å²) < 4.78 is 5.88. The summed E-state index contributed by atoms with van der Waals surface area (Å²) in [7, 11) is 0. The molecule has 0 unspecified atom stereocenters. The number of rotatable bonds is 5. The summed E-state index contributed by atoms with van der Waals surface area (Å²) >= 11 is 0. The quantitative estimate of drug-likeness (QED) is 0.796. The van der Waals surface area contributed by atoms with Crippen LogP contribution in [-0.2, 0) is 17.8 Å². The molecule has 3 N–H and O–H groups in total. The Morgan fingerprint density at radius 3 is 2.70 bits per heavy atom. The van der Waals surface area contributed by atoms with Crippen LogP contribution in [0.5, 0.6) is 0 Å². The number of carbonyl (C=O) groups is 1. The molecule has 1 aromatic heterocycles. The molecule has 0 saturated carbocycles. The highest BCUT2D eigenvalue weighted by atomic mass is 16.5. The molecule has 27 heavy (non-hydrogen) atoms. The number of fused-ring (bicyclic) bond motifs is 1. The fourth-order valence-corrected chi connectivity index (χ4v) is 3.30. The number of aryl methyl sites for hydroxylation is 1. The lowest BCUT2D eigenvalue weighted by molar-refractivity contribution is -0.373. The molecule has 1 aliphatic heterocycles. The maximum Gasteiger partial charge on any atom is 0.290 e. The second-order valence-electron chi connectivity index (χ2n) is 7.34. The zero-order chi connectivity index (χ0) is 19.4. The van der Waals surface area contributed by atoms with Gasteiger partial charge in [0, 0.05) is 17.5 Å². The summed E-state index contributed by atoms with van der Waals surface area (Å²) in [5.74, 6) is 0.586. The largest absolute Gasteiger partial charge is 0.370 e. The number of H-pyrrole nitrogens is 1. The molecule has 1 amide bonds.